The van der Waals surface area contributed by atoms with Crippen molar-refractivity contribution in [2.24, 2.45) is 0 Å². The molecular weight excluding hydrogens is 443 g/mol. The molecule has 0 saturated carbocycles. The molecule has 1 saturated heterocycles. The standard InChI is InChI=1S/C21H30F3N3O4Si/c1-20(2,3)32(4,5)27-15(11-12-25-18(29)21(22,23)24)16(17(27)28)26-19(30)31-13-14-9-7-6-8-10-14/h6-10,15-16H,11-13H2,1-5H3,(H,25,29)(H,26,30)/t15-,16+/m0/s1. The van der Waals surface area contributed by atoms with Gasteiger partial charge >= 0.3 is 18.2 Å². The van der Waals surface area contributed by atoms with Crippen molar-refractivity contribution >= 4 is 26.1 Å². The molecule has 3 amide bonds. The fraction of sp³-hybridized carbons (Fsp3) is 0.571. The molecule has 1 fully saturated rings. The van der Waals surface area contributed by atoms with Gasteiger partial charge in [0.15, 0.2) is 8.24 Å². The van der Waals surface area contributed by atoms with Crippen LogP contribution >= 0.6 is 0 Å². The molecule has 0 bridgehead atoms. The van der Waals surface area contributed by atoms with Crippen LogP contribution in [0.4, 0.5) is 18.0 Å². The van der Waals surface area contributed by atoms with E-state index in [0.29, 0.717) is 0 Å². The fourth-order valence-electron chi connectivity index (χ4n) is 3.38. The minimum atomic E-state index is -4.98. The van der Waals surface area contributed by atoms with Crippen molar-refractivity contribution in [3.63, 3.8) is 0 Å². The number of nitrogens with one attached hydrogen (secondary N) is 2. The van der Waals surface area contributed by atoms with E-state index in [-0.39, 0.29) is 30.5 Å². The summed E-state index contributed by atoms with van der Waals surface area (Å²) in [7, 11) is -2.37. The summed E-state index contributed by atoms with van der Waals surface area (Å²) in [6, 6.07) is 7.54. The SMILES string of the molecule is CC(C)(C)[Si](C)(C)N1C(=O)[C@H](NC(=O)OCc2ccccc2)[C@@H]1CCNC(=O)C(F)(F)F. The highest BCUT2D eigenvalue weighted by atomic mass is 28.3. The summed E-state index contributed by atoms with van der Waals surface area (Å²) in [6.07, 6.45) is -5.69. The van der Waals surface area contributed by atoms with E-state index >= 15 is 0 Å². The van der Waals surface area contributed by atoms with E-state index in [0.717, 1.165) is 5.56 Å². The minimum absolute atomic E-state index is 0.0197. The van der Waals surface area contributed by atoms with Crippen molar-refractivity contribution in [3.8, 4) is 0 Å². The number of hydrogen-bond acceptors (Lipinski definition) is 4. The van der Waals surface area contributed by atoms with Crippen LogP contribution in [0.2, 0.25) is 18.1 Å². The molecule has 0 radical (unpaired) electrons. The molecule has 0 aromatic heterocycles. The normalized spacial score (nSPS) is 19.2. The summed E-state index contributed by atoms with van der Waals surface area (Å²) in [5, 5.41) is 4.17. The average Bonchev–Trinajstić information content (AvgIpc) is 2.68. The summed E-state index contributed by atoms with van der Waals surface area (Å²) in [4.78, 5) is 36.4. The second kappa shape index (κ2) is 9.51. The Morgan fingerprint density at radius 3 is 2.25 bits per heavy atom. The number of carbonyl (C=O) groups is 3. The molecule has 2 atom stereocenters. The van der Waals surface area contributed by atoms with Crippen LogP contribution in [-0.2, 0) is 20.9 Å². The maximum atomic E-state index is 13.0. The van der Waals surface area contributed by atoms with E-state index in [4.69, 9.17) is 4.74 Å². The lowest BCUT2D eigenvalue weighted by molar-refractivity contribution is -0.173. The first-order valence-electron chi connectivity index (χ1n) is 10.3. The number of β-lactam (4-membered cyclic amide) rings is 1. The third-order valence-corrected chi connectivity index (χ3v) is 11.6. The van der Waals surface area contributed by atoms with Gasteiger partial charge in [0.05, 0.1) is 6.04 Å². The molecule has 11 heteroatoms. The van der Waals surface area contributed by atoms with Crippen molar-refractivity contribution in [3.05, 3.63) is 35.9 Å². The Labute approximate surface area is 186 Å². The van der Waals surface area contributed by atoms with Gasteiger partial charge in [0.1, 0.15) is 12.6 Å². The number of hydrogen-bond donors (Lipinski definition) is 2. The number of halogens is 3. The third-order valence-electron chi connectivity index (χ3n) is 6.13. The Kier molecular flexibility index (Phi) is 7.64. The molecule has 2 rings (SSSR count). The molecule has 0 aliphatic carbocycles. The van der Waals surface area contributed by atoms with Crippen molar-refractivity contribution in [1.29, 1.82) is 0 Å². The van der Waals surface area contributed by atoms with Gasteiger partial charge in [-0.15, -0.1) is 0 Å². The van der Waals surface area contributed by atoms with E-state index < -0.39 is 38.5 Å². The van der Waals surface area contributed by atoms with Crippen molar-refractivity contribution in [1.82, 2.24) is 15.2 Å². The first-order chi connectivity index (χ1) is 14.7. The highest BCUT2D eigenvalue weighted by Gasteiger charge is 2.57. The van der Waals surface area contributed by atoms with E-state index in [1.807, 2.05) is 45.2 Å². The van der Waals surface area contributed by atoms with Crippen LogP contribution in [0.3, 0.4) is 0 Å². The molecule has 1 aromatic carbocycles. The van der Waals surface area contributed by atoms with Crippen LogP contribution in [-0.4, -0.2) is 55.5 Å². The summed E-state index contributed by atoms with van der Waals surface area (Å²) in [6.45, 7) is 9.74. The van der Waals surface area contributed by atoms with Crippen LogP contribution in [0.25, 0.3) is 0 Å². The number of ether oxygens (including phenoxy) is 1. The Morgan fingerprint density at radius 1 is 1.12 bits per heavy atom. The second-order valence-electron chi connectivity index (χ2n) is 9.31. The van der Waals surface area contributed by atoms with Gasteiger partial charge in [-0.05, 0) is 17.0 Å². The molecule has 1 heterocycles. The number of carbonyl (C=O) groups excluding carboxylic acids is 3. The van der Waals surface area contributed by atoms with Crippen molar-refractivity contribution in [2.75, 3.05) is 6.54 Å². The van der Waals surface area contributed by atoms with E-state index in [1.165, 1.54) is 0 Å². The lowest BCUT2D eigenvalue weighted by Crippen LogP contribution is -2.78. The smallest absolute Gasteiger partial charge is 0.445 e. The number of alkyl carbamates (subject to hydrolysis) is 1. The number of alkyl halides is 3. The maximum Gasteiger partial charge on any atom is 0.471 e. The quantitative estimate of drug-likeness (QED) is 0.468. The molecule has 0 spiro atoms. The van der Waals surface area contributed by atoms with Crippen LogP contribution in [0.5, 0.6) is 0 Å². The minimum Gasteiger partial charge on any atom is -0.445 e. The summed E-state index contributed by atoms with van der Waals surface area (Å²) < 4.78 is 44.3. The molecule has 2 N–H and O–H groups in total. The molecule has 1 aliphatic heterocycles. The zero-order chi connectivity index (χ0) is 24.3. The summed E-state index contributed by atoms with van der Waals surface area (Å²) in [5.74, 6) is -2.32. The first kappa shape index (κ1) is 25.7. The average molecular weight is 474 g/mol. The molecule has 1 aliphatic rings. The molecule has 0 unspecified atom stereocenters. The highest BCUT2D eigenvalue weighted by molar-refractivity contribution is 6.80. The highest BCUT2D eigenvalue weighted by Crippen LogP contribution is 2.43. The predicted molar refractivity (Wildman–Crippen MR) is 115 cm³/mol. The summed E-state index contributed by atoms with van der Waals surface area (Å²) >= 11 is 0. The van der Waals surface area contributed by atoms with Crippen molar-refractivity contribution < 1.29 is 32.3 Å². The molecule has 1 aromatic rings. The van der Waals surface area contributed by atoms with Crippen LogP contribution < -0.4 is 10.6 Å². The lowest BCUT2D eigenvalue weighted by atomic mass is 9.95. The topological polar surface area (TPSA) is 87.7 Å². The van der Waals surface area contributed by atoms with Crippen LogP contribution in [0.1, 0.15) is 32.8 Å². The Hall–Kier alpha value is -2.56. The zero-order valence-corrected chi connectivity index (χ0v) is 19.9. The van der Waals surface area contributed by atoms with Crippen LogP contribution in [0.15, 0.2) is 30.3 Å². The molecular formula is C21H30F3N3O4Si. The van der Waals surface area contributed by atoms with E-state index in [9.17, 15) is 27.6 Å². The van der Waals surface area contributed by atoms with Crippen molar-refractivity contribution in [2.45, 2.75) is 70.2 Å². The maximum absolute atomic E-state index is 13.0. The van der Waals surface area contributed by atoms with Crippen LogP contribution in [0, 0.1) is 0 Å². The van der Waals surface area contributed by atoms with Gasteiger partial charge in [-0.2, -0.15) is 13.2 Å². The lowest BCUT2D eigenvalue weighted by Gasteiger charge is -2.58. The molecule has 32 heavy (non-hydrogen) atoms. The summed E-state index contributed by atoms with van der Waals surface area (Å²) in [5.41, 5.74) is 0.775. The first-order valence-corrected chi connectivity index (χ1v) is 13.3. The van der Waals surface area contributed by atoms with Gasteiger partial charge in [0, 0.05) is 6.54 Å². The number of amides is 3. The number of nitrogens with zero attached hydrogens (tertiary/aromatic N) is 1. The Bertz CT molecular complexity index is 841. The predicted octanol–water partition coefficient (Wildman–Crippen LogP) is 3.57. The van der Waals surface area contributed by atoms with Gasteiger partial charge < -0.3 is 19.9 Å². The molecule has 7 nitrogen and oxygen atoms in total. The van der Waals surface area contributed by atoms with Gasteiger partial charge in [-0.3, -0.25) is 9.59 Å². The van der Waals surface area contributed by atoms with Gasteiger partial charge in [0.2, 0.25) is 5.91 Å². The number of rotatable bonds is 7. The Morgan fingerprint density at radius 2 is 1.72 bits per heavy atom. The molecule has 178 valence electrons. The second-order valence-corrected chi connectivity index (χ2v) is 14.4. The van der Waals surface area contributed by atoms with Gasteiger partial charge in [-0.25, -0.2) is 4.79 Å². The van der Waals surface area contributed by atoms with Gasteiger partial charge in [0.25, 0.3) is 0 Å². The van der Waals surface area contributed by atoms with Gasteiger partial charge in [-0.1, -0.05) is 64.2 Å². The largest absolute Gasteiger partial charge is 0.471 e. The zero-order valence-electron chi connectivity index (χ0n) is 18.9. The Balaban J connectivity index is 2.07. The third kappa shape index (κ3) is 5.81. The fourth-order valence-corrected chi connectivity index (χ4v) is 5.90. The number of benzene rings is 1. The van der Waals surface area contributed by atoms with E-state index in [1.54, 1.807) is 28.8 Å². The van der Waals surface area contributed by atoms with E-state index in [2.05, 4.69) is 5.32 Å². The monoisotopic (exact) mass is 473 g/mol.